The standard InChI is InChI=1S/C25H33N7O8S2/c1-24(2,3)40-23(39)26-10-9-16(33)32(15-7-5-4-6-8-15)18-19(36)30-12-25(21(37)38,13-41-20(18)30)14-42-22-27-28-29-31(22)11-17(34)35/h4-5,8,18,20H,6-7,9-14H2,1-3H3,(H,26,39)(H,34,35)(H,37,38)/t18?,20-,25?/m1/s1. The summed E-state index contributed by atoms with van der Waals surface area (Å²) in [6, 6.07) is -0.802. The predicted molar refractivity (Wildman–Crippen MR) is 150 cm³/mol. The molecule has 3 atom stereocenters. The fraction of sp³-hybridized carbons (Fsp3) is 0.600. The Balaban J connectivity index is 1.44. The van der Waals surface area contributed by atoms with Crippen molar-refractivity contribution < 1.29 is 38.9 Å². The van der Waals surface area contributed by atoms with Gasteiger partial charge in [0, 0.05) is 43.1 Å². The van der Waals surface area contributed by atoms with Crippen LogP contribution in [0.25, 0.3) is 0 Å². The van der Waals surface area contributed by atoms with E-state index < -0.39 is 47.0 Å². The van der Waals surface area contributed by atoms with Crippen molar-refractivity contribution >= 4 is 53.4 Å². The Morgan fingerprint density at radius 1 is 1.26 bits per heavy atom. The lowest BCUT2D eigenvalue weighted by atomic mass is 9.88. The van der Waals surface area contributed by atoms with E-state index in [9.17, 15) is 29.1 Å². The first kappa shape index (κ1) is 31.3. The number of nitrogens with zero attached hydrogens (tertiary/aromatic N) is 6. The van der Waals surface area contributed by atoms with Gasteiger partial charge in [-0.3, -0.25) is 19.2 Å². The molecule has 0 radical (unpaired) electrons. The number of carboxylic acid groups (broad SMARTS) is 2. The summed E-state index contributed by atoms with van der Waals surface area (Å²) in [6.07, 6.45) is 6.16. The Morgan fingerprint density at radius 2 is 2.02 bits per heavy atom. The fourth-order valence-electron chi connectivity index (χ4n) is 4.70. The minimum atomic E-state index is -1.34. The zero-order valence-electron chi connectivity index (χ0n) is 23.4. The van der Waals surface area contributed by atoms with E-state index >= 15 is 0 Å². The van der Waals surface area contributed by atoms with Gasteiger partial charge in [-0.05, 0) is 37.6 Å². The minimum absolute atomic E-state index is 0.00538. The van der Waals surface area contributed by atoms with Crippen molar-refractivity contribution in [2.45, 2.75) is 68.8 Å². The molecule has 15 nitrogen and oxygen atoms in total. The first-order valence-electron chi connectivity index (χ1n) is 13.2. The zero-order chi connectivity index (χ0) is 30.7. The number of carbonyl (C=O) groups is 5. The number of fused-ring (bicyclic) bond motifs is 1. The van der Waals surface area contributed by atoms with Crippen LogP contribution in [0.4, 0.5) is 4.79 Å². The highest BCUT2D eigenvalue weighted by atomic mass is 32.2. The lowest BCUT2D eigenvalue weighted by molar-refractivity contribution is -0.164. The molecular formula is C25H33N7O8S2. The van der Waals surface area contributed by atoms with E-state index in [-0.39, 0.29) is 48.0 Å². The molecule has 0 spiro atoms. The van der Waals surface area contributed by atoms with Crippen LogP contribution in [0.1, 0.15) is 40.0 Å². The Kier molecular flexibility index (Phi) is 9.50. The molecule has 42 heavy (non-hydrogen) atoms. The van der Waals surface area contributed by atoms with Crippen LogP contribution in [-0.4, -0.2) is 112 Å². The van der Waals surface area contributed by atoms with Gasteiger partial charge >= 0.3 is 18.0 Å². The van der Waals surface area contributed by atoms with Crippen molar-refractivity contribution in [3.8, 4) is 0 Å². The highest BCUT2D eigenvalue weighted by Crippen LogP contribution is 2.46. The Morgan fingerprint density at radius 3 is 2.67 bits per heavy atom. The number of allylic oxidation sites excluding steroid dienone is 3. The molecule has 1 aromatic heterocycles. The number of alkyl carbamates (subject to hydrolysis) is 1. The number of hydrogen-bond donors (Lipinski definition) is 3. The number of amides is 3. The van der Waals surface area contributed by atoms with Crippen molar-refractivity contribution in [2.24, 2.45) is 5.41 Å². The van der Waals surface area contributed by atoms with Crippen LogP contribution in [0, 0.1) is 5.41 Å². The third-order valence-corrected chi connectivity index (χ3v) is 9.50. The van der Waals surface area contributed by atoms with Crippen LogP contribution in [0.5, 0.6) is 0 Å². The summed E-state index contributed by atoms with van der Waals surface area (Å²) < 4.78 is 6.29. The summed E-state index contributed by atoms with van der Waals surface area (Å²) in [4.78, 5) is 65.6. The van der Waals surface area contributed by atoms with Gasteiger partial charge in [-0.15, -0.1) is 16.9 Å². The number of β-lactam (4-membered cyclic amide) rings is 1. The molecule has 2 aliphatic heterocycles. The van der Waals surface area contributed by atoms with E-state index in [1.807, 2.05) is 18.2 Å². The molecule has 0 saturated carbocycles. The Labute approximate surface area is 250 Å². The summed E-state index contributed by atoms with van der Waals surface area (Å²) >= 11 is 2.30. The highest BCUT2D eigenvalue weighted by molar-refractivity contribution is 8.00. The Bertz CT molecular complexity index is 1310. The second-order valence-electron chi connectivity index (χ2n) is 11.0. The molecule has 4 rings (SSSR count). The molecule has 228 valence electrons. The Hall–Kier alpha value is -3.60. The largest absolute Gasteiger partial charge is 0.481 e. The normalized spacial score (nSPS) is 23.4. The maximum atomic E-state index is 13.5. The quantitative estimate of drug-likeness (QED) is 0.181. The number of tetrazole rings is 1. The highest BCUT2D eigenvalue weighted by Gasteiger charge is 2.59. The van der Waals surface area contributed by atoms with Crippen molar-refractivity contribution in [3.05, 3.63) is 23.9 Å². The zero-order valence-corrected chi connectivity index (χ0v) is 25.0. The number of aliphatic carboxylic acids is 2. The van der Waals surface area contributed by atoms with E-state index in [0.717, 1.165) is 16.4 Å². The third-order valence-electron chi connectivity index (χ3n) is 6.68. The maximum Gasteiger partial charge on any atom is 0.407 e. The van der Waals surface area contributed by atoms with Gasteiger partial charge in [-0.25, -0.2) is 9.48 Å². The van der Waals surface area contributed by atoms with Crippen molar-refractivity contribution in [3.63, 3.8) is 0 Å². The number of nitrogens with one attached hydrogen (secondary N) is 1. The first-order valence-corrected chi connectivity index (χ1v) is 15.2. The van der Waals surface area contributed by atoms with Gasteiger partial charge < -0.3 is 30.1 Å². The van der Waals surface area contributed by atoms with Crippen molar-refractivity contribution in [2.75, 3.05) is 24.6 Å². The number of hydrogen-bond acceptors (Lipinski definition) is 11. The van der Waals surface area contributed by atoms with Crippen LogP contribution in [0.15, 0.2) is 29.1 Å². The van der Waals surface area contributed by atoms with Gasteiger partial charge in [0.1, 0.15) is 29.0 Å². The van der Waals surface area contributed by atoms with Gasteiger partial charge in [0.25, 0.3) is 0 Å². The number of thioether (sulfide) groups is 2. The fourth-order valence-corrected chi connectivity index (χ4v) is 7.48. The molecule has 2 fully saturated rings. The molecular weight excluding hydrogens is 590 g/mol. The molecule has 17 heteroatoms. The topological polar surface area (TPSA) is 197 Å². The average molecular weight is 624 g/mol. The molecule has 0 bridgehead atoms. The van der Waals surface area contributed by atoms with Crippen LogP contribution >= 0.6 is 23.5 Å². The molecule has 1 aromatic rings. The summed E-state index contributed by atoms with van der Waals surface area (Å²) in [7, 11) is 0. The van der Waals surface area contributed by atoms with E-state index in [1.54, 1.807) is 20.8 Å². The second-order valence-corrected chi connectivity index (χ2v) is 13.1. The number of ether oxygens (including phenoxy) is 1. The van der Waals surface area contributed by atoms with Gasteiger partial charge in [-0.1, -0.05) is 30.0 Å². The number of aromatic nitrogens is 4. The van der Waals surface area contributed by atoms with Crippen molar-refractivity contribution in [1.82, 2.24) is 35.3 Å². The third kappa shape index (κ3) is 7.06. The van der Waals surface area contributed by atoms with Crippen molar-refractivity contribution in [1.29, 1.82) is 0 Å². The van der Waals surface area contributed by atoms with E-state index in [1.165, 1.54) is 21.6 Å². The molecule has 3 amide bonds. The molecule has 1 aliphatic carbocycles. The molecule has 3 aliphatic rings. The lowest BCUT2D eigenvalue weighted by Crippen LogP contribution is -2.74. The maximum absolute atomic E-state index is 13.5. The lowest BCUT2D eigenvalue weighted by Gasteiger charge is -2.56. The van der Waals surface area contributed by atoms with Crippen LogP contribution in [0.3, 0.4) is 0 Å². The summed E-state index contributed by atoms with van der Waals surface area (Å²) in [5.74, 6) is -2.78. The van der Waals surface area contributed by atoms with Crippen LogP contribution in [-0.2, 0) is 30.5 Å². The predicted octanol–water partition coefficient (Wildman–Crippen LogP) is 1.18. The number of carboxylic acids is 2. The summed E-state index contributed by atoms with van der Waals surface area (Å²) in [5.41, 5.74) is -1.34. The monoisotopic (exact) mass is 623 g/mol. The molecule has 0 aromatic carbocycles. The number of rotatable bonds is 11. The number of carbonyl (C=O) groups excluding carboxylic acids is 3. The van der Waals surface area contributed by atoms with E-state index in [4.69, 9.17) is 9.84 Å². The molecule has 3 heterocycles. The van der Waals surface area contributed by atoms with E-state index in [2.05, 4.69) is 20.8 Å². The van der Waals surface area contributed by atoms with Gasteiger partial charge in [0.2, 0.25) is 17.0 Å². The smallest absolute Gasteiger partial charge is 0.407 e. The van der Waals surface area contributed by atoms with Gasteiger partial charge in [-0.2, -0.15) is 0 Å². The molecule has 2 unspecified atom stereocenters. The first-order chi connectivity index (χ1) is 19.8. The molecule has 3 N–H and O–H groups in total. The minimum Gasteiger partial charge on any atom is -0.481 e. The second kappa shape index (κ2) is 12.7. The summed E-state index contributed by atoms with van der Waals surface area (Å²) in [5, 5.41) is 32.4. The summed E-state index contributed by atoms with van der Waals surface area (Å²) in [6.45, 7) is 4.68. The van der Waals surface area contributed by atoms with Crippen LogP contribution < -0.4 is 5.32 Å². The molecule has 2 saturated heterocycles. The van der Waals surface area contributed by atoms with E-state index in [0.29, 0.717) is 18.5 Å². The van der Waals surface area contributed by atoms with Crippen LogP contribution in [0.2, 0.25) is 0 Å². The van der Waals surface area contributed by atoms with Gasteiger partial charge in [0.15, 0.2) is 0 Å². The van der Waals surface area contributed by atoms with Gasteiger partial charge in [0.05, 0.1) is 0 Å². The SMILES string of the molecule is CC(C)(C)OC(=O)NCCC(=O)N(C1=CCC=CC1)C1C(=O)N2CC(CSc3nnnn3CC(=O)O)(C(=O)O)CS[C@H]12. The average Bonchev–Trinajstić information content (AvgIpc) is 3.35.